The van der Waals surface area contributed by atoms with Crippen LogP contribution in [0.1, 0.15) is 12.6 Å². The first-order chi connectivity index (χ1) is 9.99. The Bertz CT molecular complexity index is 646. The van der Waals surface area contributed by atoms with Crippen molar-refractivity contribution < 1.29 is 9.90 Å². The number of rotatable bonds is 5. The van der Waals surface area contributed by atoms with E-state index in [-0.39, 0.29) is 25.0 Å². The quantitative estimate of drug-likeness (QED) is 0.875. The van der Waals surface area contributed by atoms with Crippen LogP contribution >= 0.6 is 34.5 Å². The van der Waals surface area contributed by atoms with Crippen LogP contribution in [0.4, 0.5) is 0 Å². The number of hydrogen-bond donors (Lipinski definition) is 2. The molecule has 0 saturated carbocycles. The molecule has 0 saturated heterocycles. The predicted molar refractivity (Wildman–Crippen MR) is 86.0 cm³/mol. The number of carbonyl (C=O) groups excluding carboxylic acids is 1. The number of aliphatic hydroxyl groups is 1. The molecule has 112 valence electrons. The minimum absolute atomic E-state index is 0.0889. The summed E-state index contributed by atoms with van der Waals surface area (Å²) in [7, 11) is 0. The van der Waals surface area contributed by atoms with Crippen LogP contribution in [0.25, 0.3) is 10.6 Å². The number of benzene rings is 1. The van der Waals surface area contributed by atoms with Gasteiger partial charge in [-0.1, -0.05) is 23.2 Å². The molecule has 1 amide bonds. The summed E-state index contributed by atoms with van der Waals surface area (Å²) >= 11 is 13.4. The van der Waals surface area contributed by atoms with Gasteiger partial charge in [-0.25, -0.2) is 4.98 Å². The Balaban J connectivity index is 2.09. The van der Waals surface area contributed by atoms with Crippen molar-refractivity contribution in [3.05, 3.63) is 39.3 Å². The Kier molecular flexibility index (Phi) is 5.58. The molecule has 1 heterocycles. The number of thiazole rings is 1. The van der Waals surface area contributed by atoms with Crippen LogP contribution < -0.4 is 5.32 Å². The highest BCUT2D eigenvalue weighted by Gasteiger charge is 2.12. The molecule has 1 aromatic carbocycles. The van der Waals surface area contributed by atoms with Crippen molar-refractivity contribution in [3.63, 3.8) is 0 Å². The van der Waals surface area contributed by atoms with Gasteiger partial charge in [-0.05, 0) is 25.1 Å². The summed E-state index contributed by atoms with van der Waals surface area (Å²) in [6, 6.07) is 4.96. The van der Waals surface area contributed by atoms with Gasteiger partial charge in [0, 0.05) is 22.0 Å². The van der Waals surface area contributed by atoms with E-state index in [0.29, 0.717) is 15.7 Å². The molecule has 0 spiro atoms. The Hall–Kier alpha value is -1.14. The minimum atomic E-state index is -0.263. The topological polar surface area (TPSA) is 62.2 Å². The Morgan fingerprint density at radius 3 is 2.90 bits per heavy atom. The molecule has 0 aliphatic heterocycles. The second-order valence-electron chi connectivity index (χ2n) is 4.60. The van der Waals surface area contributed by atoms with Crippen molar-refractivity contribution in [2.24, 2.45) is 0 Å². The highest BCUT2D eigenvalue weighted by atomic mass is 35.5. The molecule has 21 heavy (non-hydrogen) atoms. The van der Waals surface area contributed by atoms with Crippen LogP contribution in [0, 0.1) is 0 Å². The summed E-state index contributed by atoms with van der Waals surface area (Å²) in [5.74, 6) is -0.171. The van der Waals surface area contributed by atoms with E-state index in [2.05, 4.69) is 10.3 Å². The number of carbonyl (C=O) groups is 1. The molecule has 2 N–H and O–H groups in total. The number of nitrogens with zero attached hydrogens (tertiary/aromatic N) is 1. The van der Waals surface area contributed by atoms with Crippen LogP contribution in [0.3, 0.4) is 0 Å². The zero-order valence-electron chi connectivity index (χ0n) is 11.3. The maximum absolute atomic E-state index is 11.7. The molecule has 2 rings (SSSR count). The lowest BCUT2D eigenvalue weighted by molar-refractivity contribution is -0.121. The first-order valence-corrected chi connectivity index (χ1v) is 7.93. The molecule has 0 bridgehead atoms. The van der Waals surface area contributed by atoms with Gasteiger partial charge >= 0.3 is 0 Å². The van der Waals surface area contributed by atoms with Crippen LogP contribution in [0.2, 0.25) is 10.0 Å². The van der Waals surface area contributed by atoms with E-state index in [9.17, 15) is 4.79 Å². The molecular weight excluding hydrogens is 331 g/mol. The highest BCUT2D eigenvalue weighted by Crippen LogP contribution is 2.32. The first kappa shape index (κ1) is 16.2. The third-order valence-corrected chi connectivity index (χ3v) is 4.21. The van der Waals surface area contributed by atoms with Gasteiger partial charge in [0.2, 0.25) is 5.91 Å². The average molecular weight is 345 g/mol. The maximum atomic E-state index is 11.7. The second-order valence-corrected chi connectivity index (χ2v) is 6.30. The van der Waals surface area contributed by atoms with Gasteiger partial charge in [0.05, 0.1) is 23.7 Å². The zero-order valence-corrected chi connectivity index (χ0v) is 13.6. The fraction of sp³-hybridized carbons (Fsp3) is 0.286. The van der Waals surface area contributed by atoms with Crippen molar-refractivity contribution in [1.29, 1.82) is 0 Å². The molecule has 7 heteroatoms. The zero-order chi connectivity index (χ0) is 15.4. The minimum Gasteiger partial charge on any atom is -0.394 e. The van der Waals surface area contributed by atoms with E-state index in [4.69, 9.17) is 28.3 Å². The number of halogens is 2. The molecule has 1 unspecified atom stereocenters. The molecular formula is C14H14Cl2N2O2S. The number of aliphatic hydroxyl groups excluding tert-OH is 1. The summed E-state index contributed by atoms with van der Waals surface area (Å²) in [6.45, 7) is 1.65. The number of aromatic nitrogens is 1. The van der Waals surface area contributed by atoms with Gasteiger partial charge in [-0.3, -0.25) is 4.79 Å². The summed E-state index contributed by atoms with van der Waals surface area (Å²) < 4.78 is 0. The summed E-state index contributed by atoms with van der Waals surface area (Å²) in [5.41, 5.74) is 1.46. The Morgan fingerprint density at radius 2 is 2.24 bits per heavy atom. The third kappa shape index (κ3) is 4.41. The lowest BCUT2D eigenvalue weighted by Gasteiger charge is -2.09. The highest BCUT2D eigenvalue weighted by molar-refractivity contribution is 7.13. The normalized spacial score (nSPS) is 12.2. The maximum Gasteiger partial charge on any atom is 0.226 e. The van der Waals surface area contributed by atoms with Crippen molar-refractivity contribution in [3.8, 4) is 10.6 Å². The van der Waals surface area contributed by atoms with Crippen LogP contribution in [-0.4, -0.2) is 28.6 Å². The van der Waals surface area contributed by atoms with E-state index in [1.165, 1.54) is 11.3 Å². The molecule has 0 fully saturated rings. The van der Waals surface area contributed by atoms with Gasteiger partial charge in [-0.15, -0.1) is 11.3 Å². The predicted octanol–water partition coefficient (Wildman–Crippen LogP) is 3.16. The molecule has 0 radical (unpaired) electrons. The van der Waals surface area contributed by atoms with Crippen molar-refractivity contribution in [2.45, 2.75) is 19.4 Å². The van der Waals surface area contributed by atoms with Crippen LogP contribution in [0.5, 0.6) is 0 Å². The monoisotopic (exact) mass is 344 g/mol. The molecule has 1 atom stereocenters. The van der Waals surface area contributed by atoms with E-state index in [1.54, 1.807) is 25.1 Å². The molecule has 4 nitrogen and oxygen atoms in total. The van der Waals surface area contributed by atoms with Gasteiger partial charge in [0.1, 0.15) is 5.01 Å². The fourth-order valence-electron chi connectivity index (χ4n) is 1.71. The Labute approximate surface area is 136 Å². The van der Waals surface area contributed by atoms with Gasteiger partial charge < -0.3 is 10.4 Å². The van der Waals surface area contributed by atoms with Crippen molar-refractivity contribution >= 4 is 40.4 Å². The molecule has 2 aromatic rings. The van der Waals surface area contributed by atoms with E-state index in [0.717, 1.165) is 10.6 Å². The summed E-state index contributed by atoms with van der Waals surface area (Å²) in [6.07, 6.45) is 0.173. The van der Waals surface area contributed by atoms with Gasteiger partial charge in [0.15, 0.2) is 0 Å². The lowest BCUT2D eigenvalue weighted by Crippen LogP contribution is -2.36. The lowest BCUT2D eigenvalue weighted by atomic mass is 10.2. The van der Waals surface area contributed by atoms with E-state index < -0.39 is 0 Å². The Morgan fingerprint density at radius 1 is 1.48 bits per heavy atom. The van der Waals surface area contributed by atoms with Crippen LogP contribution in [-0.2, 0) is 11.2 Å². The molecule has 0 aliphatic carbocycles. The van der Waals surface area contributed by atoms with Crippen molar-refractivity contribution in [1.82, 2.24) is 10.3 Å². The molecule has 1 aromatic heterocycles. The smallest absolute Gasteiger partial charge is 0.226 e. The number of amides is 1. The van der Waals surface area contributed by atoms with E-state index in [1.807, 2.05) is 5.38 Å². The van der Waals surface area contributed by atoms with Crippen LogP contribution in [0.15, 0.2) is 23.6 Å². The third-order valence-electron chi connectivity index (χ3n) is 2.74. The largest absolute Gasteiger partial charge is 0.394 e. The average Bonchev–Trinajstić information content (AvgIpc) is 2.86. The summed E-state index contributed by atoms with van der Waals surface area (Å²) in [4.78, 5) is 16.1. The van der Waals surface area contributed by atoms with Gasteiger partial charge in [0.25, 0.3) is 0 Å². The second kappa shape index (κ2) is 7.22. The molecule has 0 aliphatic rings. The number of nitrogens with one attached hydrogen (secondary N) is 1. The fourth-order valence-corrected chi connectivity index (χ4v) is 3.12. The van der Waals surface area contributed by atoms with Gasteiger partial charge in [-0.2, -0.15) is 0 Å². The van der Waals surface area contributed by atoms with Crippen molar-refractivity contribution in [2.75, 3.05) is 6.61 Å². The standard InChI is InChI=1S/C14H14Cl2N2O2S/c1-8(6-19)17-13(20)5-10-7-21-14(18-10)11-3-2-9(15)4-12(11)16/h2-4,7-8,19H,5-6H2,1H3,(H,17,20). The first-order valence-electron chi connectivity index (χ1n) is 6.29. The summed E-state index contributed by atoms with van der Waals surface area (Å²) in [5, 5.41) is 15.2. The van der Waals surface area contributed by atoms with E-state index >= 15 is 0 Å². The number of hydrogen-bond acceptors (Lipinski definition) is 4. The SMILES string of the molecule is CC(CO)NC(=O)Cc1csc(-c2ccc(Cl)cc2Cl)n1.